The molecule has 0 aromatic heterocycles. The maximum atomic E-state index is 12.9. The van der Waals surface area contributed by atoms with E-state index in [9.17, 15) is 13.6 Å². The minimum Gasteiger partial charge on any atom is -0.463 e. The van der Waals surface area contributed by atoms with Crippen LogP contribution in [0.15, 0.2) is 36.4 Å². The Hall–Kier alpha value is -2.27. The molecule has 8 heteroatoms. The van der Waals surface area contributed by atoms with E-state index in [1.165, 1.54) is 24.3 Å². The molecule has 0 atom stereocenters. The van der Waals surface area contributed by atoms with Crippen molar-refractivity contribution in [3.63, 3.8) is 0 Å². The molecule has 0 aliphatic heterocycles. The Morgan fingerprint density at radius 3 is 1.80 bits per heavy atom. The van der Waals surface area contributed by atoms with Crippen molar-refractivity contribution < 1.29 is 27.9 Å². The smallest absolute Gasteiger partial charge is 0.373 e. The molecule has 0 heterocycles. The number of ether oxygens (including phenoxy) is 1. The third-order valence-corrected chi connectivity index (χ3v) is 3.19. The Labute approximate surface area is 153 Å². The van der Waals surface area contributed by atoms with Crippen LogP contribution in [0.2, 0.25) is 10.0 Å². The highest BCUT2D eigenvalue weighted by Gasteiger charge is 2.02. The minimum atomic E-state index is -0.468. The normalized spacial score (nSPS) is 8.84. The van der Waals surface area contributed by atoms with Crippen LogP contribution in [0.25, 0.3) is 0 Å². The summed E-state index contributed by atoms with van der Waals surface area (Å²) in [5.41, 5.74) is 1.02. The third-order valence-electron chi connectivity index (χ3n) is 2.72. The van der Waals surface area contributed by atoms with Gasteiger partial charge >= 0.3 is 6.15 Å². The average Bonchev–Trinajstić information content (AvgIpc) is 2.55. The molecule has 0 spiro atoms. The van der Waals surface area contributed by atoms with Crippen LogP contribution in [0.4, 0.5) is 8.78 Å². The first-order chi connectivity index (χ1) is 11.9. The lowest BCUT2D eigenvalue weighted by Gasteiger charge is -2.00. The van der Waals surface area contributed by atoms with Crippen molar-refractivity contribution in [2.45, 2.75) is 20.0 Å². The summed E-state index contributed by atoms with van der Waals surface area (Å²) in [5, 5.41) is 0.775. The van der Waals surface area contributed by atoms with Crippen LogP contribution >= 0.6 is 23.2 Å². The predicted molar refractivity (Wildman–Crippen MR) is 88.1 cm³/mol. The first-order valence-corrected chi connectivity index (χ1v) is 7.57. The molecule has 0 aliphatic rings. The van der Waals surface area contributed by atoms with E-state index in [0.717, 1.165) is 0 Å². The van der Waals surface area contributed by atoms with Crippen molar-refractivity contribution in [1.29, 1.82) is 0 Å². The second-order valence-electron chi connectivity index (χ2n) is 4.32. The molecule has 0 radical (unpaired) electrons. The monoisotopic (exact) mass is 390 g/mol. The second kappa shape index (κ2) is 13.1. The van der Waals surface area contributed by atoms with E-state index >= 15 is 0 Å². The summed E-state index contributed by atoms with van der Waals surface area (Å²) in [7, 11) is 0. The molecule has 0 saturated carbocycles. The van der Waals surface area contributed by atoms with Crippen molar-refractivity contribution in [2.75, 3.05) is 0 Å². The Morgan fingerprint density at radius 2 is 1.44 bits per heavy atom. The molecule has 0 N–H and O–H groups in total. The highest BCUT2D eigenvalue weighted by atomic mass is 35.5. The summed E-state index contributed by atoms with van der Waals surface area (Å²) in [4.78, 5) is 26.0. The van der Waals surface area contributed by atoms with Gasteiger partial charge < -0.3 is 4.74 Å². The van der Waals surface area contributed by atoms with Crippen molar-refractivity contribution in [1.82, 2.24) is 0 Å². The first kappa shape index (κ1) is 22.7. The molecule has 0 aliphatic carbocycles. The minimum absolute atomic E-state index is 0.0630. The summed E-state index contributed by atoms with van der Waals surface area (Å²) in [5.74, 6) is -0.681. The topological polar surface area (TPSA) is 60.4 Å². The lowest BCUT2D eigenvalue weighted by molar-refractivity contribution is -0.191. The van der Waals surface area contributed by atoms with Crippen LogP contribution in [0.3, 0.4) is 0 Å². The molecule has 0 amide bonds. The lowest BCUT2D eigenvalue weighted by Crippen LogP contribution is -1.93. The average molecular weight is 391 g/mol. The number of halogens is 4. The molecule has 2 aromatic carbocycles. The van der Waals surface area contributed by atoms with Gasteiger partial charge in [-0.15, -0.1) is 0 Å². The SMILES string of the molecule is CCc1ccc(Cl)cc1F.O=C=O.O=COCc1ccc(Cl)cc1F. The van der Waals surface area contributed by atoms with Crippen molar-refractivity contribution in [3.8, 4) is 0 Å². The summed E-state index contributed by atoms with van der Waals surface area (Å²) in [6.07, 6.45) is 0.961. The third kappa shape index (κ3) is 9.57. The number of hydrogen-bond acceptors (Lipinski definition) is 4. The van der Waals surface area contributed by atoms with Gasteiger partial charge in [0.1, 0.15) is 18.2 Å². The van der Waals surface area contributed by atoms with Crippen LogP contribution in [0.1, 0.15) is 18.1 Å². The molecule has 0 fully saturated rings. The van der Waals surface area contributed by atoms with Gasteiger partial charge in [-0.3, -0.25) is 4.79 Å². The molecule has 2 aromatic rings. The standard InChI is InChI=1S/C8H6ClFO2.C8H8ClF.CO2/c9-7-2-1-6(4-12-5-11)8(10)3-7;1-2-6-3-4-7(9)5-8(6)10;2-1-3/h1-3,5H,4H2;3-5H,2H2,1H3;. The molecule has 134 valence electrons. The zero-order valence-corrected chi connectivity index (χ0v) is 14.6. The fraction of sp³-hybridized carbons (Fsp3) is 0.176. The van der Waals surface area contributed by atoms with Gasteiger partial charge in [0.2, 0.25) is 0 Å². The fourth-order valence-electron chi connectivity index (χ4n) is 1.57. The zero-order chi connectivity index (χ0) is 19.2. The molecular weight excluding hydrogens is 377 g/mol. The van der Waals surface area contributed by atoms with Crippen LogP contribution in [0, 0.1) is 11.6 Å². The van der Waals surface area contributed by atoms with Gasteiger partial charge in [0.25, 0.3) is 6.47 Å². The Kier molecular flexibility index (Phi) is 11.9. The number of carbonyl (C=O) groups excluding carboxylic acids is 3. The van der Waals surface area contributed by atoms with Gasteiger partial charge in [0.15, 0.2) is 0 Å². The van der Waals surface area contributed by atoms with Gasteiger partial charge in [-0.05, 0) is 36.2 Å². The molecule has 2 rings (SSSR count). The number of hydrogen-bond donors (Lipinski definition) is 0. The van der Waals surface area contributed by atoms with Gasteiger partial charge in [0, 0.05) is 15.6 Å². The van der Waals surface area contributed by atoms with E-state index in [1.54, 1.807) is 12.1 Å². The van der Waals surface area contributed by atoms with Gasteiger partial charge in [-0.1, -0.05) is 42.3 Å². The van der Waals surface area contributed by atoms with Crippen molar-refractivity contribution in [2.24, 2.45) is 0 Å². The number of carbonyl (C=O) groups is 1. The highest BCUT2D eigenvalue weighted by Crippen LogP contribution is 2.15. The highest BCUT2D eigenvalue weighted by molar-refractivity contribution is 6.30. The van der Waals surface area contributed by atoms with E-state index in [0.29, 0.717) is 27.6 Å². The largest absolute Gasteiger partial charge is 0.463 e. The molecule has 4 nitrogen and oxygen atoms in total. The summed E-state index contributed by atoms with van der Waals surface area (Å²) >= 11 is 11.0. The van der Waals surface area contributed by atoms with E-state index in [-0.39, 0.29) is 25.0 Å². The number of rotatable bonds is 4. The van der Waals surface area contributed by atoms with Crippen molar-refractivity contribution >= 4 is 35.8 Å². The molecule has 0 unspecified atom stereocenters. The van der Waals surface area contributed by atoms with E-state index in [4.69, 9.17) is 32.8 Å². The van der Waals surface area contributed by atoms with Crippen LogP contribution in [-0.2, 0) is 32.1 Å². The van der Waals surface area contributed by atoms with Gasteiger partial charge in [-0.25, -0.2) is 8.78 Å². The van der Waals surface area contributed by atoms with Crippen LogP contribution in [-0.4, -0.2) is 12.6 Å². The first-order valence-electron chi connectivity index (χ1n) is 6.81. The van der Waals surface area contributed by atoms with Crippen LogP contribution in [0.5, 0.6) is 0 Å². The number of benzene rings is 2. The summed E-state index contributed by atoms with van der Waals surface area (Å²) in [6.45, 7) is 2.12. The number of aryl methyl sites for hydroxylation is 1. The van der Waals surface area contributed by atoms with E-state index < -0.39 is 5.82 Å². The van der Waals surface area contributed by atoms with E-state index in [2.05, 4.69) is 4.74 Å². The van der Waals surface area contributed by atoms with Crippen LogP contribution < -0.4 is 0 Å². The fourth-order valence-corrected chi connectivity index (χ4v) is 1.89. The van der Waals surface area contributed by atoms with Gasteiger partial charge in [-0.2, -0.15) is 9.59 Å². The summed E-state index contributed by atoms with van der Waals surface area (Å²) < 4.78 is 30.0. The Balaban J connectivity index is 0.000000403. The van der Waals surface area contributed by atoms with Crippen molar-refractivity contribution in [3.05, 3.63) is 69.2 Å². The quantitative estimate of drug-likeness (QED) is 0.715. The predicted octanol–water partition coefficient (Wildman–Crippen LogP) is 4.61. The van der Waals surface area contributed by atoms with Gasteiger partial charge in [0.05, 0.1) is 0 Å². The molecule has 0 saturated heterocycles. The van der Waals surface area contributed by atoms with E-state index in [1.807, 2.05) is 6.92 Å². The Bertz CT molecular complexity index is 718. The summed E-state index contributed by atoms with van der Waals surface area (Å²) in [6, 6.07) is 8.92. The maximum Gasteiger partial charge on any atom is 0.373 e. The zero-order valence-electron chi connectivity index (χ0n) is 13.1. The lowest BCUT2D eigenvalue weighted by atomic mass is 10.2. The molecule has 25 heavy (non-hydrogen) atoms. The maximum absolute atomic E-state index is 12.9. The second-order valence-corrected chi connectivity index (χ2v) is 5.19. The Morgan fingerprint density at radius 1 is 1.00 bits per heavy atom. The molecule has 0 bridgehead atoms. The molecular formula is C17H14Cl2F2O4.